The summed E-state index contributed by atoms with van der Waals surface area (Å²) in [6.45, 7) is 1.73. The van der Waals surface area contributed by atoms with Crippen molar-refractivity contribution < 1.29 is 24.1 Å². The van der Waals surface area contributed by atoms with Crippen LogP contribution in [0.2, 0.25) is 0 Å². The van der Waals surface area contributed by atoms with Crippen molar-refractivity contribution in [3.8, 4) is 0 Å². The second-order valence-electron chi connectivity index (χ2n) is 7.85. The summed E-state index contributed by atoms with van der Waals surface area (Å²) in [5, 5.41) is 9.56. The fraction of sp³-hybridized carbons (Fsp3) is 0.500. The molecule has 156 valence electrons. The van der Waals surface area contributed by atoms with E-state index in [4.69, 9.17) is 18.9 Å². The minimum Gasteiger partial charge on any atom is -0.394 e. The molecule has 5 atom stereocenters. The SMILES string of the molecule is OC[C@@H]1C[C@@H](OCc2ccccc2)[C@@H]([C@@H]2CC[C@@H](COCc3ccccc3)O2)O1. The van der Waals surface area contributed by atoms with Gasteiger partial charge in [0.15, 0.2) is 0 Å². The van der Waals surface area contributed by atoms with Crippen LogP contribution in [0.5, 0.6) is 0 Å². The van der Waals surface area contributed by atoms with E-state index in [9.17, 15) is 5.11 Å². The molecule has 2 saturated heterocycles. The normalized spacial score (nSPS) is 29.3. The number of aliphatic hydroxyl groups is 1. The van der Waals surface area contributed by atoms with Crippen LogP contribution in [0, 0.1) is 0 Å². The van der Waals surface area contributed by atoms with Crippen molar-refractivity contribution >= 4 is 0 Å². The van der Waals surface area contributed by atoms with Gasteiger partial charge < -0.3 is 24.1 Å². The molecule has 0 saturated carbocycles. The largest absolute Gasteiger partial charge is 0.394 e. The van der Waals surface area contributed by atoms with Crippen LogP contribution in [-0.4, -0.2) is 48.8 Å². The van der Waals surface area contributed by atoms with Gasteiger partial charge in [0.25, 0.3) is 0 Å². The van der Waals surface area contributed by atoms with Gasteiger partial charge in [0.2, 0.25) is 0 Å². The van der Waals surface area contributed by atoms with Gasteiger partial charge in [0.05, 0.1) is 50.8 Å². The second kappa shape index (κ2) is 10.3. The third-order valence-corrected chi connectivity index (χ3v) is 5.64. The molecule has 5 heteroatoms. The molecule has 0 aromatic heterocycles. The van der Waals surface area contributed by atoms with Gasteiger partial charge in [-0.3, -0.25) is 0 Å². The van der Waals surface area contributed by atoms with E-state index < -0.39 is 0 Å². The second-order valence-corrected chi connectivity index (χ2v) is 7.85. The third-order valence-electron chi connectivity index (χ3n) is 5.64. The molecule has 2 fully saturated rings. The van der Waals surface area contributed by atoms with E-state index in [1.807, 2.05) is 36.4 Å². The van der Waals surface area contributed by atoms with Gasteiger partial charge >= 0.3 is 0 Å². The molecular formula is C24H30O5. The monoisotopic (exact) mass is 398 g/mol. The first kappa shape index (κ1) is 20.5. The molecule has 29 heavy (non-hydrogen) atoms. The van der Waals surface area contributed by atoms with Crippen LogP contribution in [0.4, 0.5) is 0 Å². The molecule has 0 unspecified atom stereocenters. The summed E-state index contributed by atoms with van der Waals surface area (Å²) >= 11 is 0. The first-order chi connectivity index (χ1) is 14.3. The summed E-state index contributed by atoms with van der Waals surface area (Å²) in [7, 11) is 0. The lowest BCUT2D eigenvalue weighted by molar-refractivity contribution is -0.119. The molecule has 2 heterocycles. The molecule has 0 amide bonds. The molecule has 2 aromatic rings. The zero-order chi connectivity index (χ0) is 19.9. The van der Waals surface area contributed by atoms with E-state index in [1.54, 1.807) is 0 Å². The van der Waals surface area contributed by atoms with Gasteiger partial charge in [-0.15, -0.1) is 0 Å². The topological polar surface area (TPSA) is 57.2 Å². The maximum Gasteiger partial charge on any atom is 0.110 e. The van der Waals surface area contributed by atoms with Crippen LogP contribution < -0.4 is 0 Å². The smallest absolute Gasteiger partial charge is 0.110 e. The maximum absolute atomic E-state index is 9.56. The molecular weight excluding hydrogens is 368 g/mol. The van der Waals surface area contributed by atoms with Crippen molar-refractivity contribution in [1.82, 2.24) is 0 Å². The third kappa shape index (κ3) is 5.65. The highest BCUT2D eigenvalue weighted by atomic mass is 16.6. The van der Waals surface area contributed by atoms with Crippen LogP contribution in [0.25, 0.3) is 0 Å². The van der Waals surface area contributed by atoms with E-state index in [2.05, 4.69) is 24.3 Å². The molecule has 2 aromatic carbocycles. The van der Waals surface area contributed by atoms with E-state index in [1.165, 1.54) is 5.56 Å². The van der Waals surface area contributed by atoms with Gasteiger partial charge in [0.1, 0.15) is 6.10 Å². The molecule has 2 aliphatic rings. The highest BCUT2D eigenvalue weighted by Gasteiger charge is 2.44. The fourth-order valence-electron chi connectivity index (χ4n) is 4.12. The van der Waals surface area contributed by atoms with Crippen LogP contribution in [-0.2, 0) is 32.2 Å². The molecule has 4 rings (SSSR count). The van der Waals surface area contributed by atoms with Gasteiger partial charge in [-0.2, -0.15) is 0 Å². The van der Waals surface area contributed by atoms with Crippen LogP contribution >= 0.6 is 0 Å². The Morgan fingerprint density at radius 2 is 1.52 bits per heavy atom. The average Bonchev–Trinajstić information content (AvgIpc) is 3.40. The minimum absolute atomic E-state index is 0.0119. The summed E-state index contributed by atoms with van der Waals surface area (Å²) in [6, 6.07) is 20.3. The maximum atomic E-state index is 9.56. The Morgan fingerprint density at radius 1 is 0.828 bits per heavy atom. The molecule has 2 aliphatic heterocycles. The Morgan fingerprint density at radius 3 is 2.21 bits per heavy atom. The summed E-state index contributed by atoms with van der Waals surface area (Å²) in [5.41, 5.74) is 2.31. The van der Waals surface area contributed by atoms with Crippen molar-refractivity contribution in [2.45, 2.75) is 63.0 Å². The zero-order valence-corrected chi connectivity index (χ0v) is 16.7. The van der Waals surface area contributed by atoms with Crippen LogP contribution in [0.3, 0.4) is 0 Å². The number of hydrogen-bond acceptors (Lipinski definition) is 5. The molecule has 5 nitrogen and oxygen atoms in total. The highest BCUT2D eigenvalue weighted by molar-refractivity contribution is 5.14. The average molecular weight is 398 g/mol. The lowest BCUT2D eigenvalue weighted by Crippen LogP contribution is -2.36. The summed E-state index contributed by atoms with van der Waals surface area (Å²) in [6.07, 6.45) is 2.24. The van der Waals surface area contributed by atoms with E-state index in [-0.39, 0.29) is 37.1 Å². The Kier molecular flexibility index (Phi) is 7.30. The predicted molar refractivity (Wildman–Crippen MR) is 109 cm³/mol. The van der Waals surface area contributed by atoms with Crippen molar-refractivity contribution in [2.24, 2.45) is 0 Å². The van der Waals surface area contributed by atoms with E-state index >= 15 is 0 Å². The molecule has 0 radical (unpaired) electrons. The fourth-order valence-corrected chi connectivity index (χ4v) is 4.12. The predicted octanol–water partition coefficient (Wildman–Crippen LogP) is 3.49. The lowest BCUT2D eigenvalue weighted by Gasteiger charge is -2.25. The zero-order valence-electron chi connectivity index (χ0n) is 16.7. The highest BCUT2D eigenvalue weighted by Crippen LogP contribution is 2.33. The summed E-state index contributed by atoms with van der Waals surface area (Å²) in [5.74, 6) is 0. The standard InChI is InChI=1S/C24H30O5/c25-14-21-13-23(27-16-19-9-5-2-6-10-19)24(29-21)22-12-11-20(28-22)17-26-15-18-7-3-1-4-8-18/h1-10,20-25H,11-17H2/t20-,21-,22-,23+,24+/m0/s1. The van der Waals surface area contributed by atoms with E-state index in [0.29, 0.717) is 26.2 Å². The van der Waals surface area contributed by atoms with Crippen molar-refractivity contribution in [1.29, 1.82) is 0 Å². The van der Waals surface area contributed by atoms with Crippen LogP contribution in [0.1, 0.15) is 30.4 Å². The molecule has 0 aliphatic carbocycles. The van der Waals surface area contributed by atoms with Crippen molar-refractivity contribution in [2.75, 3.05) is 13.2 Å². The van der Waals surface area contributed by atoms with Gasteiger partial charge in [-0.1, -0.05) is 60.7 Å². The molecule has 0 spiro atoms. The van der Waals surface area contributed by atoms with Gasteiger partial charge in [-0.05, 0) is 24.0 Å². The first-order valence-electron chi connectivity index (χ1n) is 10.5. The Labute approximate surface area is 172 Å². The number of benzene rings is 2. The van der Waals surface area contributed by atoms with Crippen molar-refractivity contribution in [3.05, 3.63) is 71.8 Å². The van der Waals surface area contributed by atoms with Crippen LogP contribution in [0.15, 0.2) is 60.7 Å². The Balaban J connectivity index is 1.26. The van der Waals surface area contributed by atoms with Gasteiger partial charge in [0, 0.05) is 6.42 Å². The summed E-state index contributed by atoms with van der Waals surface area (Å²) < 4.78 is 24.3. The number of ether oxygens (including phenoxy) is 4. The number of hydrogen-bond donors (Lipinski definition) is 1. The summed E-state index contributed by atoms with van der Waals surface area (Å²) in [4.78, 5) is 0. The van der Waals surface area contributed by atoms with E-state index in [0.717, 1.165) is 18.4 Å². The number of aliphatic hydroxyl groups excluding tert-OH is 1. The lowest BCUT2D eigenvalue weighted by atomic mass is 10.0. The molecule has 0 bridgehead atoms. The molecule has 1 N–H and O–H groups in total. The van der Waals surface area contributed by atoms with Crippen molar-refractivity contribution in [3.63, 3.8) is 0 Å². The van der Waals surface area contributed by atoms with Gasteiger partial charge in [-0.25, -0.2) is 0 Å². The Hall–Kier alpha value is -1.76. The first-order valence-corrected chi connectivity index (χ1v) is 10.5. The Bertz CT molecular complexity index is 723. The quantitative estimate of drug-likeness (QED) is 0.701. The number of rotatable bonds is 9. The minimum atomic E-state index is -0.183.